The number of hydrogen-bond donors (Lipinski definition) is 0. The highest BCUT2D eigenvalue weighted by Gasteiger charge is 2.22. The Bertz CT molecular complexity index is 2550. The van der Waals surface area contributed by atoms with Crippen molar-refractivity contribution < 1.29 is 0 Å². The Morgan fingerprint density at radius 1 is 0.288 bits per heavy atom. The summed E-state index contributed by atoms with van der Waals surface area (Å²) in [7, 11) is 0. The van der Waals surface area contributed by atoms with Crippen LogP contribution in [0.1, 0.15) is 52.7 Å². The van der Waals surface area contributed by atoms with Crippen LogP contribution in [0.25, 0.3) is 84.9 Å². The molecule has 0 aliphatic rings. The van der Waals surface area contributed by atoms with Gasteiger partial charge in [-0.3, -0.25) is 0 Å². The van der Waals surface area contributed by atoms with Crippen LogP contribution in [-0.4, -0.2) is 0 Å². The molecule has 0 nitrogen and oxygen atoms in total. The van der Waals surface area contributed by atoms with Crippen molar-refractivity contribution >= 4 is 65.8 Å². The van der Waals surface area contributed by atoms with Crippen LogP contribution in [-0.2, 0) is 10.8 Å². The number of rotatable bonds is 4. The van der Waals surface area contributed by atoms with E-state index in [1.165, 1.54) is 96.0 Å². The third-order valence-corrected chi connectivity index (χ3v) is 13.3. The highest BCUT2D eigenvalue weighted by atomic mass is 32.1. The van der Waals surface area contributed by atoms with E-state index in [0.717, 1.165) is 0 Å². The normalized spacial score (nSPS) is 12.4. The van der Waals surface area contributed by atoms with Gasteiger partial charge in [0, 0.05) is 41.1 Å². The minimum atomic E-state index is 0.119. The molecule has 0 aliphatic heterocycles. The molecule has 9 aromatic rings. The van der Waals surface area contributed by atoms with Gasteiger partial charge in [0.25, 0.3) is 0 Å². The fraction of sp³-hybridized carbons (Fsp3) is 0.160. The van der Waals surface area contributed by atoms with E-state index in [2.05, 4.69) is 187 Å². The average molecular weight is 707 g/mol. The number of thiophene rings is 2. The van der Waals surface area contributed by atoms with Gasteiger partial charge in [-0.2, -0.15) is 0 Å². The molecule has 9 rings (SSSR count). The van der Waals surface area contributed by atoms with Crippen molar-refractivity contribution in [1.29, 1.82) is 0 Å². The van der Waals surface area contributed by atoms with Crippen molar-refractivity contribution in [2.45, 2.75) is 52.4 Å². The van der Waals surface area contributed by atoms with Crippen molar-refractivity contribution in [1.82, 2.24) is 0 Å². The number of hydrogen-bond acceptors (Lipinski definition) is 2. The summed E-state index contributed by atoms with van der Waals surface area (Å²) in [6, 6.07) is 54.7. The maximum Gasteiger partial charge on any atom is 0.0434 e. The van der Waals surface area contributed by atoms with Crippen LogP contribution in [0.5, 0.6) is 0 Å². The zero-order valence-electron chi connectivity index (χ0n) is 30.7. The van der Waals surface area contributed by atoms with Gasteiger partial charge in [-0.25, -0.2) is 0 Å². The summed E-state index contributed by atoms with van der Waals surface area (Å²) in [4.78, 5) is 5.33. The Labute approximate surface area is 315 Å². The molecule has 0 N–H and O–H groups in total. The largest absolute Gasteiger partial charge is 0.134 e. The lowest BCUT2D eigenvalue weighted by molar-refractivity contribution is 0.590. The molecule has 0 radical (unpaired) electrons. The van der Waals surface area contributed by atoms with Crippen molar-refractivity contribution in [3.05, 3.63) is 157 Å². The Morgan fingerprint density at radius 3 is 0.942 bits per heavy atom. The minimum Gasteiger partial charge on any atom is -0.134 e. The molecular weight excluding hydrogens is 665 g/mol. The van der Waals surface area contributed by atoms with Gasteiger partial charge in [-0.05, 0) is 65.8 Å². The Morgan fingerprint density at radius 2 is 0.596 bits per heavy atom. The Hall–Kier alpha value is -5.02. The molecule has 0 saturated heterocycles. The second-order valence-corrected chi connectivity index (χ2v) is 18.2. The SMILES string of the molecule is CC(C)(C)c1ccc(-c2sc(-c3ccccc3)c3c2ccc2c4ccc5c(-c6ccc(C(C)(C)C)cc6)sc(-c6ccccc6)c5c4ccc23)cc1. The van der Waals surface area contributed by atoms with Crippen LogP contribution in [0, 0.1) is 0 Å². The van der Waals surface area contributed by atoms with E-state index in [1.54, 1.807) is 0 Å². The van der Waals surface area contributed by atoms with E-state index in [1.807, 2.05) is 22.7 Å². The predicted octanol–water partition coefficient (Wildman–Crippen LogP) is 15.7. The monoisotopic (exact) mass is 706 g/mol. The molecule has 0 atom stereocenters. The molecule has 2 aromatic heterocycles. The van der Waals surface area contributed by atoms with Gasteiger partial charge in [-0.1, -0.05) is 187 Å². The van der Waals surface area contributed by atoms with E-state index in [-0.39, 0.29) is 10.8 Å². The standard InChI is InChI=1S/C50H42S2/c1-49(2,3)35-21-17-33(18-22-35)45-41-29-25-37-38-26-30-42-44(40(38)28-27-39(37)43(41)47(51-45)31-13-9-7-10-14-31)48(32-15-11-8-12-16-32)52-46(42)34-19-23-36(24-20-34)50(4,5)6/h7-30H,1-6H3. The summed E-state index contributed by atoms with van der Waals surface area (Å²) in [5.74, 6) is 0. The highest BCUT2D eigenvalue weighted by Crippen LogP contribution is 2.51. The highest BCUT2D eigenvalue weighted by molar-refractivity contribution is 7.21. The fourth-order valence-corrected chi connectivity index (χ4v) is 10.4. The molecule has 0 spiro atoms. The molecule has 0 bridgehead atoms. The summed E-state index contributed by atoms with van der Waals surface area (Å²) in [5.41, 5.74) is 8.05. The van der Waals surface area contributed by atoms with Gasteiger partial charge in [0.2, 0.25) is 0 Å². The maximum atomic E-state index is 2.40. The Balaban J connectivity index is 1.30. The van der Waals surface area contributed by atoms with Gasteiger partial charge in [0.05, 0.1) is 0 Å². The van der Waals surface area contributed by atoms with Gasteiger partial charge in [0.1, 0.15) is 0 Å². The summed E-state index contributed by atoms with van der Waals surface area (Å²) < 4.78 is 0. The van der Waals surface area contributed by atoms with Crippen molar-refractivity contribution in [3.63, 3.8) is 0 Å². The zero-order chi connectivity index (χ0) is 35.8. The first kappa shape index (κ1) is 32.9. The fourth-order valence-electron chi connectivity index (χ4n) is 7.76. The second kappa shape index (κ2) is 12.3. The van der Waals surface area contributed by atoms with Gasteiger partial charge in [-0.15, -0.1) is 22.7 Å². The van der Waals surface area contributed by atoms with Gasteiger partial charge >= 0.3 is 0 Å². The topological polar surface area (TPSA) is 0 Å². The first-order chi connectivity index (χ1) is 25.1. The molecule has 2 heteroatoms. The number of benzene rings is 7. The first-order valence-corrected chi connectivity index (χ1v) is 19.9. The lowest BCUT2D eigenvalue weighted by atomic mass is 9.86. The minimum absolute atomic E-state index is 0.119. The third-order valence-electron chi connectivity index (χ3n) is 10.6. The van der Waals surface area contributed by atoms with Crippen LogP contribution in [0.15, 0.2) is 146 Å². The quantitative estimate of drug-likeness (QED) is 0.160. The molecule has 0 unspecified atom stereocenters. The smallest absolute Gasteiger partial charge is 0.0434 e. The molecule has 52 heavy (non-hydrogen) atoms. The summed E-state index contributed by atoms with van der Waals surface area (Å²) >= 11 is 3.84. The van der Waals surface area contributed by atoms with E-state index >= 15 is 0 Å². The number of fused-ring (bicyclic) bond motifs is 7. The van der Waals surface area contributed by atoms with E-state index in [9.17, 15) is 0 Å². The molecule has 0 aliphatic carbocycles. The maximum absolute atomic E-state index is 2.40. The predicted molar refractivity (Wildman–Crippen MR) is 231 cm³/mol. The molecule has 0 amide bonds. The molecule has 2 heterocycles. The van der Waals surface area contributed by atoms with Crippen LogP contribution in [0.2, 0.25) is 0 Å². The van der Waals surface area contributed by atoms with Crippen LogP contribution >= 0.6 is 22.7 Å². The van der Waals surface area contributed by atoms with Crippen LogP contribution in [0.4, 0.5) is 0 Å². The summed E-state index contributed by atoms with van der Waals surface area (Å²) in [6.07, 6.45) is 0. The Kier molecular flexibility index (Phi) is 7.77. The lowest BCUT2D eigenvalue weighted by Crippen LogP contribution is -2.10. The summed E-state index contributed by atoms with van der Waals surface area (Å²) in [6.45, 7) is 13.7. The van der Waals surface area contributed by atoms with Gasteiger partial charge in [0.15, 0.2) is 0 Å². The van der Waals surface area contributed by atoms with Crippen molar-refractivity contribution in [3.8, 4) is 41.8 Å². The van der Waals surface area contributed by atoms with Gasteiger partial charge < -0.3 is 0 Å². The molecule has 0 fully saturated rings. The first-order valence-electron chi connectivity index (χ1n) is 18.3. The molecule has 7 aromatic carbocycles. The van der Waals surface area contributed by atoms with Crippen LogP contribution < -0.4 is 0 Å². The van der Waals surface area contributed by atoms with E-state index in [4.69, 9.17) is 0 Å². The second-order valence-electron chi connectivity index (χ2n) is 16.1. The average Bonchev–Trinajstić information content (AvgIpc) is 3.75. The third kappa shape index (κ3) is 5.48. The van der Waals surface area contributed by atoms with E-state index in [0.29, 0.717) is 0 Å². The van der Waals surface area contributed by atoms with Crippen molar-refractivity contribution in [2.24, 2.45) is 0 Å². The summed E-state index contributed by atoms with van der Waals surface area (Å²) in [5, 5.41) is 10.6. The van der Waals surface area contributed by atoms with Crippen LogP contribution in [0.3, 0.4) is 0 Å². The van der Waals surface area contributed by atoms with Crippen molar-refractivity contribution in [2.75, 3.05) is 0 Å². The molecule has 0 saturated carbocycles. The molecular formula is C50H42S2. The zero-order valence-corrected chi connectivity index (χ0v) is 32.3. The lowest BCUT2D eigenvalue weighted by Gasteiger charge is -2.19. The molecule has 254 valence electrons. The van der Waals surface area contributed by atoms with E-state index < -0.39 is 0 Å².